The van der Waals surface area contributed by atoms with Gasteiger partial charge in [0.2, 0.25) is 5.91 Å². The summed E-state index contributed by atoms with van der Waals surface area (Å²) in [6, 6.07) is 0.802. The molecule has 0 radical (unpaired) electrons. The van der Waals surface area contributed by atoms with E-state index in [1.165, 1.54) is 58.3 Å². The van der Waals surface area contributed by atoms with Crippen molar-refractivity contribution >= 4 is 5.91 Å². The third-order valence-corrected chi connectivity index (χ3v) is 5.56. The highest BCUT2D eigenvalue weighted by atomic mass is 16.2. The van der Waals surface area contributed by atoms with Gasteiger partial charge in [0, 0.05) is 45.2 Å². The van der Waals surface area contributed by atoms with Crippen molar-refractivity contribution in [2.24, 2.45) is 0 Å². The molecule has 3 aliphatic rings. The van der Waals surface area contributed by atoms with Gasteiger partial charge in [0.15, 0.2) is 0 Å². The average Bonchev–Trinajstić information content (AvgIpc) is 2.99. The van der Waals surface area contributed by atoms with Crippen LogP contribution < -0.4 is 5.32 Å². The minimum Gasteiger partial charge on any atom is -0.340 e. The van der Waals surface area contributed by atoms with Gasteiger partial charge in [-0.15, -0.1) is 0 Å². The molecule has 3 heterocycles. The zero-order chi connectivity index (χ0) is 15.2. The fourth-order valence-electron chi connectivity index (χ4n) is 4.16. The third kappa shape index (κ3) is 4.43. The summed E-state index contributed by atoms with van der Waals surface area (Å²) >= 11 is 0. The summed E-state index contributed by atoms with van der Waals surface area (Å²) in [5, 5.41) is 3.31. The van der Waals surface area contributed by atoms with Crippen LogP contribution in [0.15, 0.2) is 0 Å². The Hall–Kier alpha value is -0.650. The lowest BCUT2D eigenvalue weighted by Crippen LogP contribution is -2.47. The van der Waals surface area contributed by atoms with Crippen LogP contribution in [-0.2, 0) is 4.79 Å². The lowest BCUT2D eigenvalue weighted by Gasteiger charge is -2.29. The molecule has 1 unspecified atom stereocenters. The van der Waals surface area contributed by atoms with Gasteiger partial charge in [-0.25, -0.2) is 0 Å². The van der Waals surface area contributed by atoms with Crippen molar-refractivity contribution < 1.29 is 4.79 Å². The van der Waals surface area contributed by atoms with Crippen molar-refractivity contribution in [2.45, 2.75) is 44.6 Å². The standard InChI is InChI=1S/C17H32N4O/c22-17(21-14-7-18-8-15-21)6-13-19-9-3-4-16(5-12-19)20-10-1-2-11-20/h16,18H,1-15H2. The molecular weight excluding hydrogens is 276 g/mol. The molecule has 1 atom stereocenters. The molecule has 0 bridgehead atoms. The normalized spacial score (nSPS) is 28.7. The van der Waals surface area contributed by atoms with Crippen molar-refractivity contribution in [1.82, 2.24) is 20.0 Å². The van der Waals surface area contributed by atoms with E-state index in [1.54, 1.807) is 0 Å². The maximum absolute atomic E-state index is 12.3. The van der Waals surface area contributed by atoms with Gasteiger partial charge in [-0.3, -0.25) is 4.79 Å². The number of hydrogen-bond donors (Lipinski definition) is 1. The number of nitrogens with zero attached hydrogens (tertiary/aromatic N) is 3. The molecule has 1 N–H and O–H groups in total. The highest BCUT2D eigenvalue weighted by Gasteiger charge is 2.25. The van der Waals surface area contributed by atoms with Gasteiger partial charge in [0.05, 0.1) is 0 Å². The number of carbonyl (C=O) groups excluding carboxylic acids is 1. The first kappa shape index (κ1) is 16.2. The molecule has 0 aromatic heterocycles. The van der Waals surface area contributed by atoms with Gasteiger partial charge in [-0.05, 0) is 58.3 Å². The van der Waals surface area contributed by atoms with Gasteiger partial charge in [-0.1, -0.05) is 0 Å². The van der Waals surface area contributed by atoms with E-state index in [9.17, 15) is 4.79 Å². The molecule has 0 aliphatic carbocycles. The number of likely N-dealkylation sites (tertiary alicyclic amines) is 2. The number of nitrogens with one attached hydrogen (secondary N) is 1. The van der Waals surface area contributed by atoms with E-state index < -0.39 is 0 Å². The van der Waals surface area contributed by atoms with Crippen molar-refractivity contribution in [3.8, 4) is 0 Å². The van der Waals surface area contributed by atoms with Crippen LogP contribution in [0.5, 0.6) is 0 Å². The molecule has 22 heavy (non-hydrogen) atoms. The average molecular weight is 308 g/mol. The van der Waals surface area contributed by atoms with E-state index in [-0.39, 0.29) is 0 Å². The van der Waals surface area contributed by atoms with E-state index in [2.05, 4.69) is 15.1 Å². The summed E-state index contributed by atoms with van der Waals surface area (Å²) in [5.41, 5.74) is 0. The van der Waals surface area contributed by atoms with Crippen LogP contribution in [0.1, 0.15) is 38.5 Å². The topological polar surface area (TPSA) is 38.8 Å². The number of rotatable bonds is 4. The predicted octanol–water partition coefficient (Wildman–Crippen LogP) is 0.759. The molecule has 0 saturated carbocycles. The zero-order valence-corrected chi connectivity index (χ0v) is 13.9. The molecule has 5 heteroatoms. The van der Waals surface area contributed by atoms with Crippen molar-refractivity contribution in [1.29, 1.82) is 0 Å². The number of amides is 1. The fraction of sp³-hybridized carbons (Fsp3) is 0.941. The largest absolute Gasteiger partial charge is 0.340 e. The lowest BCUT2D eigenvalue weighted by atomic mass is 10.1. The molecule has 3 fully saturated rings. The van der Waals surface area contributed by atoms with Crippen LogP contribution in [0, 0.1) is 0 Å². The second kappa shape index (κ2) is 8.27. The Morgan fingerprint density at radius 3 is 2.45 bits per heavy atom. The fourth-order valence-corrected chi connectivity index (χ4v) is 4.16. The monoisotopic (exact) mass is 308 g/mol. The third-order valence-electron chi connectivity index (χ3n) is 5.56. The van der Waals surface area contributed by atoms with Gasteiger partial charge < -0.3 is 20.0 Å². The van der Waals surface area contributed by atoms with Crippen LogP contribution in [-0.4, -0.2) is 85.6 Å². The molecular formula is C17H32N4O. The summed E-state index contributed by atoms with van der Waals surface area (Å²) in [7, 11) is 0. The molecule has 0 spiro atoms. The molecule has 0 aromatic rings. The first-order valence-corrected chi connectivity index (χ1v) is 9.28. The van der Waals surface area contributed by atoms with Gasteiger partial charge in [0.1, 0.15) is 0 Å². The molecule has 1 amide bonds. The smallest absolute Gasteiger partial charge is 0.223 e. The highest BCUT2D eigenvalue weighted by Crippen LogP contribution is 2.21. The summed E-state index contributed by atoms with van der Waals surface area (Å²) in [6.07, 6.45) is 7.42. The van der Waals surface area contributed by atoms with Gasteiger partial charge >= 0.3 is 0 Å². The Bertz CT molecular complexity index is 351. The summed E-state index contributed by atoms with van der Waals surface area (Å²) in [6.45, 7) is 9.61. The molecule has 0 aromatic carbocycles. The quantitative estimate of drug-likeness (QED) is 0.832. The summed E-state index contributed by atoms with van der Waals surface area (Å²) in [5.74, 6) is 0.349. The van der Waals surface area contributed by atoms with Crippen molar-refractivity contribution in [3.05, 3.63) is 0 Å². The zero-order valence-electron chi connectivity index (χ0n) is 13.9. The molecule has 5 nitrogen and oxygen atoms in total. The van der Waals surface area contributed by atoms with Crippen LogP contribution in [0.2, 0.25) is 0 Å². The van der Waals surface area contributed by atoms with E-state index in [0.717, 1.165) is 38.8 Å². The van der Waals surface area contributed by atoms with Crippen LogP contribution >= 0.6 is 0 Å². The summed E-state index contributed by atoms with van der Waals surface area (Å²) < 4.78 is 0. The van der Waals surface area contributed by atoms with E-state index in [4.69, 9.17) is 0 Å². The second-order valence-electron chi connectivity index (χ2n) is 7.05. The molecule has 126 valence electrons. The first-order valence-electron chi connectivity index (χ1n) is 9.28. The molecule has 3 aliphatic heterocycles. The van der Waals surface area contributed by atoms with Gasteiger partial charge in [-0.2, -0.15) is 0 Å². The van der Waals surface area contributed by atoms with Crippen LogP contribution in [0.4, 0.5) is 0 Å². The number of piperazine rings is 1. The maximum atomic E-state index is 12.3. The SMILES string of the molecule is O=C(CCN1CCCC(N2CCCC2)CC1)N1CCNCC1. The minimum atomic E-state index is 0.349. The molecule has 3 rings (SSSR count). The maximum Gasteiger partial charge on any atom is 0.223 e. The number of carbonyl (C=O) groups is 1. The molecule has 3 saturated heterocycles. The summed E-state index contributed by atoms with van der Waals surface area (Å²) in [4.78, 5) is 19.5. The van der Waals surface area contributed by atoms with E-state index in [1.807, 2.05) is 4.90 Å². The highest BCUT2D eigenvalue weighted by molar-refractivity contribution is 5.76. The van der Waals surface area contributed by atoms with Crippen molar-refractivity contribution in [3.63, 3.8) is 0 Å². The van der Waals surface area contributed by atoms with Crippen LogP contribution in [0.3, 0.4) is 0 Å². The Balaban J connectivity index is 1.38. The van der Waals surface area contributed by atoms with E-state index in [0.29, 0.717) is 12.3 Å². The Morgan fingerprint density at radius 2 is 1.68 bits per heavy atom. The lowest BCUT2D eigenvalue weighted by molar-refractivity contribution is -0.132. The Morgan fingerprint density at radius 1 is 0.909 bits per heavy atom. The first-order chi connectivity index (χ1) is 10.8. The van der Waals surface area contributed by atoms with Crippen molar-refractivity contribution in [2.75, 3.05) is 58.9 Å². The van der Waals surface area contributed by atoms with Gasteiger partial charge in [0.25, 0.3) is 0 Å². The Kier molecular flexibility index (Phi) is 6.10. The second-order valence-corrected chi connectivity index (χ2v) is 7.05. The predicted molar refractivity (Wildman–Crippen MR) is 89.0 cm³/mol. The minimum absolute atomic E-state index is 0.349. The Labute approximate surface area is 135 Å². The number of hydrogen-bond acceptors (Lipinski definition) is 4. The van der Waals surface area contributed by atoms with E-state index >= 15 is 0 Å². The van der Waals surface area contributed by atoms with Crippen LogP contribution in [0.25, 0.3) is 0 Å².